The van der Waals surface area contributed by atoms with Crippen LogP contribution in [0.25, 0.3) is 6.08 Å². The summed E-state index contributed by atoms with van der Waals surface area (Å²) in [6.07, 6.45) is 1.60. The summed E-state index contributed by atoms with van der Waals surface area (Å²) < 4.78 is 5.53. The average molecular weight is 448 g/mol. The number of carbonyl (C=O) groups excluding carboxylic acids is 2. The number of benzene rings is 2. The fraction of sp³-hybridized carbons (Fsp3) is 0.100. The molecule has 148 valence electrons. The molecule has 2 aromatic carbocycles. The van der Waals surface area contributed by atoms with Crippen molar-refractivity contribution in [1.29, 1.82) is 0 Å². The molecule has 0 radical (unpaired) electrons. The van der Waals surface area contributed by atoms with Gasteiger partial charge in [0.05, 0.1) is 15.5 Å². The lowest BCUT2D eigenvalue weighted by atomic mass is 10.1. The topological polar surface area (TPSA) is 83.9 Å². The second kappa shape index (κ2) is 8.77. The maximum absolute atomic E-state index is 12.3. The number of hydrogen-bond donors (Lipinski definition) is 1. The molecular weight excluding hydrogens is 434 g/mol. The van der Waals surface area contributed by atoms with Crippen molar-refractivity contribution in [3.63, 3.8) is 0 Å². The van der Waals surface area contributed by atoms with Crippen molar-refractivity contribution in [3.05, 3.63) is 69.1 Å². The lowest BCUT2D eigenvalue weighted by molar-refractivity contribution is -0.140. The van der Waals surface area contributed by atoms with E-state index in [1.807, 2.05) is 6.92 Å². The van der Waals surface area contributed by atoms with Crippen LogP contribution in [-0.4, -0.2) is 38.7 Å². The molecule has 29 heavy (non-hydrogen) atoms. The molecule has 1 aliphatic heterocycles. The summed E-state index contributed by atoms with van der Waals surface area (Å²) in [4.78, 5) is 36.8. The van der Waals surface area contributed by atoms with Gasteiger partial charge in [-0.2, -0.15) is 0 Å². The van der Waals surface area contributed by atoms with Crippen molar-refractivity contribution < 1.29 is 24.2 Å². The van der Waals surface area contributed by atoms with Crippen LogP contribution in [0.3, 0.4) is 0 Å². The van der Waals surface area contributed by atoms with Gasteiger partial charge in [0.15, 0.2) is 0 Å². The number of carboxylic acid groups (broad SMARTS) is 1. The number of esters is 1. The Morgan fingerprint density at radius 2 is 1.93 bits per heavy atom. The van der Waals surface area contributed by atoms with Crippen LogP contribution in [0.5, 0.6) is 5.75 Å². The van der Waals surface area contributed by atoms with E-state index < -0.39 is 24.4 Å². The highest BCUT2D eigenvalue weighted by molar-refractivity contribution is 8.26. The van der Waals surface area contributed by atoms with Gasteiger partial charge in [0, 0.05) is 0 Å². The Kier molecular flexibility index (Phi) is 6.36. The summed E-state index contributed by atoms with van der Waals surface area (Å²) in [6, 6.07) is 11.6. The monoisotopic (exact) mass is 447 g/mol. The SMILES string of the molecule is Cc1ccc(C(=O)Oc2ccc(/C=C3\SC(=S)N(CC(=O)O)C3=O)cc2)c(Cl)c1. The van der Waals surface area contributed by atoms with Crippen molar-refractivity contribution in [2.24, 2.45) is 0 Å². The Morgan fingerprint density at radius 1 is 1.24 bits per heavy atom. The van der Waals surface area contributed by atoms with Gasteiger partial charge in [-0.25, -0.2) is 4.79 Å². The second-order valence-electron chi connectivity index (χ2n) is 6.10. The molecule has 0 spiro atoms. The minimum absolute atomic E-state index is 0.198. The highest BCUT2D eigenvalue weighted by Crippen LogP contribution is 2.32. The first-order valence-corrected chi connectivity index (χ1v) is 9.90. The Hall–Kier alpha value is -2.68. The fourth-order valence-electron chi connectivity index (χ4n) is 2.50. The van der Waals surface area contributed by atoms with Crippen molar-refractivity contribution in [2.75, 3.05) is 6.54 Å². The van der Waals surface area contributed by atoms with E-state index in [1.165, 1.54) is 0 Å². The summed E-state index contributed by atoms with van der Waals surface area (Å²) in [6.45, 7) is 1.40. The van der Waals surface area contributed by atoms with Gasteiger partial charge in [0.25, 0.3) is 5.91 Å². The number of ether oxygens (including phenoxy) is 1. The molecule has 1 N–H and O–H groups in total. The maximum Gasteiger partial charge on any atom is 0.345 e. The van der Waals surface area contributed by atoms with Crippen LogP contribution in [-0.2, 0) is 9.59 Å². The summed E-state index contributed by atoms with van der Waals surface area (Å²) >= 11 is 12.2. The Morgan fingerprint density at radius 3 is 2.55 bits per heavy atom. The van der Waals surface area contributed by atoms with E-state index in [0.29, 0.717) is 21.2 Å². The first-order chi connectivity index (χ1) is 13.7. The van der Waals surface area contributed by atoms with E-state index in [2.05, 4.69) is 0 Å². The number of hydrogen-bond acceptors (Lipinski definition) is 6. The third kappa shape index (κ3) is 5.03. The van der Waals surface area contributed by atoms with Crippen LogP contribution in [0.15, 0.2) is 47.4 Å². The van der Waals surface area contributed by atoms with Gasteiger partial charge >= 0.3 is 11.9 Å². The molecule has 3 rings (SSSR count). The minimum Gasteiger partial charge on any atom is -0.480 e. The normalized spacial score (nSPS) is 15.1. The van der Waals surface area contributed by atoms with Crippen LogP contribution < -0.4 is 4.74 Å². The average Bonchev–Trinajstić information content (AvgIpc) is 2.90. The summed E-state index contributed by atoms with van der Waals surface area (Å²) in [5.41, 5.74) is 1.88. The number of carboxylic acids is 1. The van der Waals surface area contributed by atoms with Crippen LogP contribution in [0.1, 0.15) is 21.5 Å². The van der Waals surface area contributed by atoms with E-state index in [0.717, 1.165) is 22.2 Å². The van der Waals surface area contributed by atoms with E-state index in [4.69, 9.17) is 33.7 Å². The molecular formula is C20H14ClNO5S2. The highest BCUT2D eigenvalue weighted by atomic mass is 35.5. The maximum atomic E-state index is 12.3. The first-order valence-electron chi connectivity index (χ1n) is 8.30. The third-order valence-electron chi connectivity index (χ3n) is 3.90. The van der Waals surface area contributed by atoms with Crippen LogP contribution in [0.2, 0.25) is 5.02 Å². The largest absolute Gasteiger partial charge is 0.480 e. The molecule has 0 bridgehead atoms. The Balaban J connectivity index is 1.71. The van der Waals surface area contributed by atoms with Gasteiger partial charge in [-0.1, -0.05) is 53.8 Å². The van der Waals surface area contributed by atoms with Gasteiger partial charge in [0.1, 0.15) is 16.6 Å². The van der Waals surface area contributed by atoms with Crippen LogP contribution in [0.4, 0.5) is 0 Å². The minimum atomic E-state index is -1.14. The lowest BCUT2D eigenvalue weighted by Gasteiger charge is -2.10. The molecule has 9 heteroatoms. The van der Waals surface area contributed by atoms with Crippen LogP contribution in [0, 0.1) is 6.92 Å². The summed E-state index contributed by atoms with van der Waals surface area (Å²) in [5, 5.41) is 9.18. The number of thiocarbonyl (C=S) groups is 1. The molecule has 1 saturated heterocycles. The van der Waals surface area contributed by atoms with Gasteiger partial charge < -0.3 is 9.84 Å². The molecule has 0 aliphatic carbocycles. The molecule has 1 heterocycles. The highest BCUT2D eigenvalue weighted by Gasteiger charge is 2.33. The van der Waals surface area contributed by atoms with E-state index in [-0.39, 0.29) is 9.88 Å². The molecule has 1 aliphatic rings. The summed E-state index contributed by atoms with van der Waals surface area (Å²) in [7, 11) is 0. The van der Waals surface area contributed by atoms with Gasteiger partial charge in [-0.05, 0) is 48.4 Å². The van der Waals surface area contributed by atoms with Gasteiger partial charge in [-0.3, -0.25) is 14.5 Å². The molecule has 1 fully saturated rings. The van der Waals surface area contributed by atoms with Crippen molar-refractivity contribution in [1.82, 2.24) is 4.90 Å². The number of nitrogens with zero attached hydrogens (tertiary/aromatic N) is 1. The zero-order valence-electron chi connectivity index (χ0n) is 15.0. The molecule has 2 aromatic rings. The Labute approximate surface area is 181 Å². The lowest BCUT2D eigenvalue weighted by Crippen LogP contribution is -2.33. The predicted octanol–water partition coefficient (Wildman–Crippen LogP) is 4.15. The molecule has 6 nitrogen and oxygen atoms in total. The number of aliphatic carboxylic acids is 1. The van der Waals surface area contributed by atoms with Gasteiger partial charge in [0.2, 0.25) is 0 Å². The first kappa shape index (κ1) is 21.0. The van der Waals surface area contributed by atoms with Crippen molar-refractivity contribution >= 4 is 63.8 Å². The third-order valence-corrected chi connectivity index (χ3v) is 5.59. The fourth-order valence-corrected chi connectivity index (χ4v) is 4.07. The molecule has 0 unspecified atom stereocenters. The number of carbonyl (C=O) groups is 3. The number of aryl methyl sites for hydroxylation is 1. The molecule has 0 atom stereocenters. The second-order valence-corrected chi connectivity index (χ2v) is 8.19. The molecule has 0 saturated carbocycles. The van der Waals surface area contributed by atoms with Crippen LogP contribution >= 0.6 is 35.6 Å². The quantitative estimate of drug-likeness (QED) is 0.319. The summed E-state index contributed by atoms with van der Waals surface area (Å²) in [5.74, 6) is -1.84. The van der Waals surface area contributed by atoms with E-state index >= 15 is 0 Å². The van der Waals surface area contributed by atoms with Gasteiger partial charge in [-0.15, -0.1) is 0 Å². The zero-order valence-corrected chi connectivity index (χ0v) is 17.4. The number of rotatable bonds is 5. The predicted molar refractivity (Wildman–Crippen MR) is 115 cm³/mol. The number of thioether (sulfide) groups is 1. The zero-order chi connectivity index (χ0) is 21.1. The van der Waals surface area contributed by atoms with Crippen molar-refractivity contribution in [2.45, 2.75) is 6.92 Å². The van der Waals surface area contributed by atoms with E-state index in [9.17, 15) is 14.4 Å². The molecule has 1 amide bonds. The Bertz CT molecular complexity index is 1050. The number of amides is 1. The number of halogens is 1. The molecule has 0 aromatic heterocycles. The van der Waals surface area contributed by atoms with Crippen molar-refractivity contribution in [3.8, 4) is 5.75 Å². The smallest absolute Gasteiger partial charge is 0.345 e. The standard InChI is InChI=1S/C20H14ClNO5S2/c1-11-2-7-14(15(21)8-11)19(26)27-13-5-3-12(4-6-13)9-16-18(25)22(10-17(23)24)20(28)29-16/h2-9H,10H2,1H3,(H,23,24)/b16-9-. The van der Waals surface area contributed by atoms with E-state index in [1.54, 1.807) is 48.5 Å².